The standard InChI is InChI=1S/C20H20ClF3N2O5/c1-11(27)30-15-4-2-3-14(9-15)26(19(28)29)18-16(10-21)17(31-25-18)12-5-7-13(8-6-12)20(22,23)24/h5-8,14-15H,2-4,9-10H2,1H3,(H,28,29)/t14-,15+/m1/s1. The van der Waals surface area contributed by atoms with E-state index in [9.17, 15) is 27.9 Å². The number of anilines is 1. The van der Waals surface area contributed by atoms with Crippen molar-refractivity contribution in [2.75, 3.05) is 4.90 Å². The second kappa shape index (κ2) is 9.17. The Bertz CT molecular complexity index is 945. The summed E-state index contributed by atoms with van der Waals surface area (Å²) in [6, 6.07) is 3.70. The molecule has 1 aliphatic carbocycles. The highest BCUT2D eigenvalue weighted by atomic mass is 35.5. The van der Waals surface area contributed by atoms with Gasteiger partial charge in [0.2, 0.25) is 0 Å². The molecule has 31 heavy (non-hydrogen) atoms. The molecule has 1 aromatic heterocycles. The number of nitrogens with zero attached hydrogens (tertiary/aromatic N) is 2. The molecule has 0 radical (unpaired) electrons. The molecule has 11 heteroatoms. The van der Waals surface area contributed by atoms with Gasteiger partial charge in [0.25, 0.3) is 0 Å². The first-order chi connectivity index (χ1) is 14.6. The lowest BCUT2D eigenvalue weighted by molar-refractivity contribution is -0.147. The maximum Gasteiger partial charge on any atom is 0.416 e. The van der Waals surface area contributed by atoms with Crippen LogP contribution in [-0.2, 0) is 21.6 Å². The molecule has 2 atom stereocenters. The topological polar surface area (TPSA) is 92.9 Å². The number of alkyl halides is 4. The minimum absolute atomic E-state index is 0.0223. The van der Waals surface area contributed by atoms with Gasteiger partial charge >= 0.3 is 18.2 Å². The van der Waals surface area contributed by atoms with E-state index in [0.717, 1.165) is 17.0 Å². The SMILES string of the molecule is CC(=O)O[C@H]1CCC[C@@H](N(C(=O)O)c2noc(-c3ccc(C(F)(F)F)cc3)c2CCl)C1. The van der Waals surface area contributed by atoms with Gasteiger partial charge in [-0.05, 0) is 31.4 Å². The lowest BCUT2D eigenvalue weighted by Gasteiger charge is -2.34. The third-order valence-electron chi connectivity index (χ3n) is 5.11. The fourth-order valence-electron chi connectivity index (χ4n) is 3.76. The van der Waals surface area contributed by atoms with Gasteiger partial charge in [0.15, 0.2) is 11.6 Å². The van der Waals surface area contributed by atoms with E-state index in [1.807, 2.05) is 0 Å². The van der Waals surface area contributed by atoms with E-state index in [1.165, 1.54) is 19.1 Å². The average molecular weight is 461 g/mol. The zero-order chi connectivity index (χ0) is 22.8. The van der Waals surface area contributed by atoms with Gasteiger partial charge < -0.3 is 14.4 Å². The predicted molar refractivity (Wildman–Crippen MR) is 105 cm³/mol. The van der Waals surface area contributed by atoms with E-state index < -0.39 is 35.9 Å². The molecule has 0 saturated heterocycles. The Morgan fingerprint density at radius 3 is 2.52 bits per heavy atom. The Labute approximate surface area is 180 Å². The van der Waals surface area contributed by atoms with Gasteiger partial charge in [0.05, 0.1) is 17.0 Å². The van der Waals surface area contributed by atoms with Crippen LogP contribution < -0.4 is 4.90 Å². The predicted octanol–water partition coefficient (Wildman–Crippen LogP) is 5.46. The number of benzene rings is 1. The third kappa shape index (κ3) is 5.12. The van der Waals surface area contributed by atoms with E-state index in [0.29, 0.717) is 19.3 Å². The van der Waals surface area contributed by atoms with Crippen molar-refractivity contribution in [3.63, 3.8) is 0 Å². The molecular formula is C20H20ClF3N2O5. The molecule has 0 bridgehead atoms. The summed E-state index contributed by atoms with van der Waals surface area (Å²) in [6.45, 7) is 1.29. The molecule has 0 unspecified atom stereocenters. The van der Waals surface area contributed by atoms with E-state index in [2.05, 4.69) is 5.16 Å². The number of aromatic nitrogens is 1. The van der Waals surface area contributed by atoms with Crippen molar-refractivity contribution in [3.8, 4) is 11.3 Å². The highest BCUT2D eigenvalue weighted by Gasteiger charge is 2.36. The van der Waals surface area contributed by atoms with E-state index in [4.69, 9.17) is 20.9 Å². The van der Waals surface area contributed by atoms with Crippen LogP contribution >= 0.6 is 11.6 Å². The van der Waals surface area contributed by atoms with Crippen molar-refractivity contribution in [1.29, 1.82) is 0 Å². The van der Waals surface area contributed by atoms with Crippen LogP contribution in [-0.4, -0.2) is 34.5 Å². The Morgan fingerprint density at radius 1 is 1.29 bits per heavy atom. The van der Waals surface area contributed by atoms with Gasteiger partial charge in [0.1, 0.15) is 6.10 Å². The number of carbonyl (C=O) groups excluding carboxylic acids is 1. The molecular weight excluding hydrogens is 441 g/mol. The smallest absolute Gasteiger partial charge is 0.416 e. The number of esters is 1. The highest BCUT2D eigenvalue weighted by Crippen LogP contribution is 2.37. The van der Waals surface area contributed by atoms with Crippen molar-refractivity contribution in [1.82, 2.24) is 5.16 Å². The number of amides is 1. The molecule has 0 spiro atoms. The van der Waals surface area contributed by atoms with E-state index in [1.54, 1.807) is 0 Å². The number of ether oxygens (including phenoxy) is 1. The van der Waals surface area contributed by atoms with Crippen LogP contribution in [0.2, 0.25) is 0 Å². The molecule has 1 amide bonds. The largest absolute Gasteiger partial charge is 0.465 e. The quantitative estimate of drug-likeness (QED) is 0.470. The molecule has 1 aliphatic rings. The van der Waals surface area contributed by atoms with E-state index in [-0.39, 0.29) is 35.0 Å². The number of halogens is 4. The first-order valence-corrected chi connectivity index (χ1v) is 10.1. The van der Waals surface area contributed by atoms with Crippen molar-refractivity contribution < 1.29 is 37.1 Å². The van der Waals surface area contributed by atoms with Crippen LogP contribution in [0.4, 0.5) is 23.8 Å². The highest BCUT2D eigenvalue weighted by molar-refractivity contribution is 6.18. The van der Waals surface area contributed by atoms with Gasteiger partial charge in [-0.3, -0.25) is 9.69 Å². The summed E-state index contributed by atoms with van der Waals surface area (Å²) in [5.74, 6) is -0.540. The summed E-state index contributed by atoms with van der Waals surface area (Å²) < 4.78 is 49.0. The fourth-order valence-corrected chi connectivity index (χ4v) is 4.01. The fraction of sp³-hybridized carbons (Fsp3) is 0.450. The molecule has 3 rings (SSSR count). The maximum atomic E-state index is 12.8. The number of hydrogen-bond acceptors (Lipinski definition) is 5. The Balaban J connectivity index is 1.93. The molecule has 1 saturated carbocycles. The molecule has 1 N–H and O–H groups in total. The van der Waals surface area contributed by atoms with Gasteiger partial charge in [-0.2, -0.15) is 13.2 Å². The molecule has 7 nitrogen and oxygen atoms in total. The van der Waals surface area contributed by atoms with Crippen LogP contribution in [0.15, 0.2) is 28.8 Å². The minimum atomic E-state index is -4.49. The van der Waals surface area contributed by atoms with Gasteiger partial charge in [-0.15, -0.1) is 11.6 Å². The first-order valence-electron chi connectivity index (χ1n) is 9.53. The first kappa shape index (κ1) is 22.9. The zero-order valence-corrected chi connectivity index (χ0v) is 17.2. The Morgan fingerprint density at radius 2 is 1.97 bits per heavy atom. The summed E-state index contributed by atoms with van der Waals surface area (Å²) >= 11 is 6.05. The molecule has 1 heterocycles. The van der Waals surface area contributed by atoms with Crippen LogP contribution in [0.1, 0.15) is 43.7 Å². The summed E-state index contributed by atoms with van der Waals surface area (Å²) in [6.07, 6.45) is -4.11. The number of carbonyl (C=O) groups is 2. The summed E-state index contributed by atoms with van der Waals surface area (Å²) in [7, 11) is 0. The molecule has 1 fully saturated rings. The summed E-state index contributed by atoms with van der Waals surface area (Å²) in [5, 5.41) is 13.7. The summed E-state index contributed by atoms with van der Waals surface area (Å²) in [5.41, 5.74) is -0.290. The summed E-state index contributed by atoms with van der Waals surface area (Å²) in [4.78, 5) is 24.4. The number of rotatable bonds is 5. The van der Waals surface area contributed by atoms with Gasteiger partial charge in [-0.1, -0.05) is 17.3 Å². The van der Waals surface area contributed by atoms with Crippen LogP contribution in [0.5, 0.6) is 0 Å². The molecule has 168 valence electrons. The van der Waals surface area contributed by atoms with Crippen LogP contribution in [0.25, 0.3) is 11.3 Å². The van der Waals surface area contributed by atoms with Crippen molar-refractivity contribution in [2.24, 2.45) is 0 Å². The van der Waals surface area contributed by atoms with Crippen molar-refractivity contribution >= 4 is 29.5 Å². The van der Waals surface area contributed by atoms with Crippen LogP contribution in [0, 0.1) is 0 Å². The molecule has 0 aliphatic heterocycles. The van der Waals surface area contributed by atoms with Crippen LogP contribution in [0.3, 0.4) is 0 Å². The Kier molecular flexibility index (Phi) is 6.78. The monoisotopic (exact) mass is 460 g/mol. The number of carboxylic acid groups (broad SMARTS) is 1. The zero-order valence-electron chi connectivity index (χ0n) is 16.5. The molecule has 1 aromatic carbocycles. The second-order valence-corrected chi connectivity index (χ2v) is 7.49. The van der Waals surface area contributed by atoms with Gasteiger partial charge in [0, 0.05) is 24.9 Å². The van der Waals surface area contributed by atoms with E-state index >= 15 is 0 Å². The average Bonchev–Trinajstić information content (AvgIpc) is 3.10. The lowest BCUT2D eigenvalue weighted by atomic mass is 9.91. The van der Waals surface area contributed by atoms with Crippen molar-refractivity contribution in [3.05, 3.63) is 35.4 Å². The minimum Gasteiger partial charge on any atom is -0.465 e. The maximum absolute atomic E-state index is 12.8. The Hall–Kier alpha value is -2.75. The second-order valence-electron chi connectivity index (χ2n) is 7.23. The molecule has 2 aromatic rings. The third-order valence-corrected chi connectivity index (χ3v) is 5.37. The number of hydrogen-bond donors (Lipinski definition) is 1. The normalized spacial score (nSPS) is 19.1. The van der Waals surface area contributed by atoms with Gasteiger partial charge in [-0.25, -0.2) is 4.79 Å². The van der Waals surface area contributed by atoms with Crippen molar-refractivity contribution in [2.45, 2.75) is 56.8 Å². The lowest BCUT2D eigenvalue weighted by Crippen LogP contribution is -2.44.